The molecule has 0 saturated heterocycles. The van der Waals surface area contributed by atoms with Crippen LogP contribution in [0, 0.1) is 0 Å². The fraction of sp³-hybridized carbons (Fsp3) is 0.182. The van der Waals surface area contributed by atoms with E-state index in [-0.39, 0.29) is 6.04 Å². The maximum atomic E-state index is 5.85. The summed E-state index contributed by atoms with van der Waals surface area (Å²) in [7, 11) is 1.76. The molecular weight excluding hydrogens is 354 g/mol. The minimum atomic E-state index is 0.104. The number of rotatable bonds is 3. The summed E-state index contributed by atoms with van der Waals surface area (Å²) in [4.78, 5) is 0. The summed E-state index contributed by atoms with van der Waals surface area (Å²) in [6.45, 7) is 0.952. The fourth-order valence-electron chi connectivity index (χ4n) is 3.90. The molecule has 2 aromatic carbocycles. The molecule has 4 nitrogen and oxygen atoms in total. The van der Waals surface area contributed by atoms with E-state index in [1.807, 2.05) is 12.1 Å². The van der Waals surface area contributed by atoms with Crippen LogP contribution in [-0.2, 0) is 6.42 Å². The van der Waals surface area contributed by atoms with Crippen LogP contribution < -0.4 is 10.1 Å². The highest BCUT2D eigenvalue weighted by atomic mass is 32.1. The lowest BCUT2D eigenvalue weighted by Crippen LogP contribution is -2.30. The van der Waals surface area contributed by atoms with Gasteiger partial charge in [-0.05, 0) is 52.6 Å². The summed E-state index contributed by atoms with van der Waals surface area (Å²) in [5, 5.41) is 15.3. The van der Waals surface area contributed by atoms with Crippen molar-refractivity contribution in [2.75, 3.05) is 13.7 Å². The van der Waals surface area contributed by atoms with Gasteiger partial charge in [0.15, 0.2) is 0 Å². The Morgan fingerprint density at radius 3 is 2.93 bits per heavy atom. The van der Waals surface area contributed by atoms with Gasteiger partial charge in [-0.1, -0.05) is 24.3 Å². The summed E-state index contributed by atoms with van der Waals surface area (Å²) in [6, 6.07) is 17.2. The summed E-state index contributed by atoms with van der Waals surface area (Å²) in [6.07, 6.45) is 2.73. The van der Waals surface area contributed by atoms with Crippen LogP contribution in [0.4, 0.5) is 0 Å². The summed E-state index contributed by atoms with van der Waals surface area (Å²) in [5.41, 5.74) is 5.83. The minimum Gasteiger partial charge on any atom is -0.495 e. The molecule has 4 aromatic rings. The quantitative estimate of drug-likeness (QED) is 0.570. The van der Waals surface area contributed by atoms with E-state index < -0.39 is 0 Å². The van der Waals surface area contributed by atoms with Crippen molar-refractivity contribution in [1.29, 1.82) is 0 Å². The molecule has 0 aliphatic carbocycles. The highest BCUT2D eigenvalue weighted by Gasteiger charge is 2.25. The first-order chi connectivity index (χ1) is 13.3. The Hall–Kier alpha value is -2.76. The van der Waals surface area contributed by atoms with Gasteiger partial charge in [-0.2, -0.15) is 10.2 Å². The van der Waals surface area contributed by atoms with E-state index in [1.165, 1.54) is 26.8 Å². The molecule has 1 aliphatic heterocycles. The molecule has 2 aromatic heterocycles. The Morgan fingerprint density at radius 1 is 1.11 bits per heavy atom. The fourth-order valence-corrected chi connectivity index (χ4v) is 4.84. The summed E-state index contributed by atoms with van der Waals surface area (Å²) >= 11 is 1.73. The number of hydrogen-bond acceptors (Lipinski definition) is 5. The zero-order valence-electron chi connectivity index (χ0n) is 15.0. The summed E-state index contributed by atoms with van der Waals surface area (Å²) < 4.78 is 7.05. The van der Waals surface area contributed by atoms with Gasteiger partial charge >= 0.3 is 0 Å². The van der Waals surface area contributed by atoms with Gasteiger partial charge in [0.25, 0.3) is 0 Å². The smallest absolute Gasteiger partial charge is 0.141 e. The molecule has 5 rings (SSSR count). The van der Waals surface area contributed by atoms with Gasteiger partial charge in [0.1, 0.15) is 5.75 Å². The predicted molar refractivity (Wildman–Crippen MR) is 109 cm³/mol. The third-order valence-electron chi connectivity index (χ3n) is 5.19. The second-order valence-corrected chi connectivity index (χ2v) is 7.60. The van der Waals surface area contributed by atoms with Gasteiger partial charge in [0.2, 0.25) is 0 Å². The second-order valence-electron chi connectivity index (χ2n) is 6.69. The van der Waals surface area contributed by atoms with Gasteiger partial charge in [0.05, 0.1) is 23.5 Å². The van der Waals surface area contributed by atoms with Crippen LogP contribution in [0.25, 0.3) is 21.3 Å². The second kappa shape index (κ2) is 6.76. The van der Waals surface area contributed by atoms with Crippen molar-refractivity contribution in [1.82, 2.24) is 15.5 Å². The monoisotopic (exact) mass is 373 g/mol. The van der Waals surface area contributed by atoms with Gasteiger partial charge in [-0.15, -0.1) is 11.3 Å². The number of ether oxygens (including phenoxy) is 1. The minimum absolute atomic E-state index is 0.104. The molecule has 1 N–H and O–H groups in total. The SMILES string of the molecule is COc1c(C2NCCc3ccc(-c4cccnn4)cc32)ccc2ccsc12. The van der Waals surface area contributed by atoms with E-state index in [0.717, 1.165) is 30.0 Å². The van der Waals surface area contributed by atoms with E-state index in [4.69, 9.17) is 4.74 Å². The zero-order valence-corrected chi connectivity index (χ0v) is 15.8. The number of methoxy groups -OCH3 is 1. The Balaban J connectivity index is 1.66. The molecule has 27 heavy (non-hydrogen) atoms. The predicted octanol–water partition coefficient (Wildman–Crippen LogP) is 4.60. The Bertz CT molecular complexity index is 1110. The summed E-state index contributed by atoms with van der Waals surface area (Å²) in [5.74, 6) is 0.970. The molecule has 1 atom stereocenters. The topological polar surface area (TPSA) is 47.0 Å². The van der Waals surface area contributed by atoms with E-state index in [2.05, 4.69) is 57.3 Å². The molecule has 0 bridgehead atoms. The van der Waals surface area contributed by atoms with Crippen molar-refractivity contribution in [3.63, 3.8) is 0 Å². The lowest BCUT2D eigenvalue weighted by atomic mass is 9.87. The molecule has 134 valence electrons. The number of thiophene rings is 1. The number of benzene rings is 2. The first-order valence-corrected chi connectivity index (χ1v) is 9.91. The third-order valence-corrected chi connectivity index (χ3v) is 6.12. The number of nitrogens with one attached hydrogen (secondary N) is 1. The van der Waals surface area contributed by atoms with E-state index in [1.54, 1.807) is 24.6 Å². The van der Waals surface area contributed by atoms with E-state index in [0.29, 0.717) is 0 Å². The highest BCUT2D eigenvalue weighted by molar-refractivity contribution is 7.17. The molecule has 5 heteroatoms. The van der Waals surface area contributed by atoms with Crippen LogP contribution in [0.3, 0.4) is 0 Å². The van der Waals surface area contributed by atoms with E-state index in [9.17, 15) is 0 Å². The van der Waals surface area contributed by atoms with Gasteiger partial charge in [-0.3, -0.25) is 0 Å². The Labute approximate surface area is 161 Å². The molecule has 1 unspecified atom stereocenters. The average molecular weight is 373 g/mol. The number of fused-ring (bicyclic) bond motifs is 2. The van der Waals surface area contributed by atoms with Crippen molar-refractivity contribution in [2.24, 2.45) is 0 Å². The first-order valence-electron chi connectivity index (χ1n) is 9.03. The van der Waals surface area contributed by atoms with Crippen LogP contribution >= 0.6 is 11.3 Å². The van der Waals surface area contributed by atoms with Gasteiger partial charge < -0.3 is 10.1 Å². The number of nitrogens with zero attached hydrogens (tertiary/aromatic N) is 2. The zero-order chi connectivity index (χ0) is 18.2. The van der Waals surface area contributed by atoms with Crippen LogP contribution in [0.5, 0.6) is 5.75 Å². The molecule has 0 amide bonds. The standard InChI is InChI=1S/C22H19N3OS/c1-26-21-17(7-6-15-9-12-27-22(15)21)20-18-13-16(19-3-2-10-24-25-19)5-4-14(18)8-11-23-20/h2-7,9-10,12-13,20,23H,8,11H2,1H3. The van der Waals surface area contributed by atoms with E-state index >= 15 is 0 Å². The maximum absolute atomic E-state index is 5.85. The molecule has 3 heterocycles. The van der Waals surface area contributed by atoms with Gasteiger partial charge in [-0.25, -0.2) is 0 Å². The molecule has 0 spiro atoms. The molecule has 0 saturated carbocycles. The van der Waals surface area contributed by atoms with Crippen LogP contribution in [0.1, 0.15) is 22.7 Å². The van der Waals surface area contributed by atoms with Crippen molar-refractivity contribution >= 4 is 21.4 Å². The highest BCUT2D eigenvalue weighted by Crippen LogP contribution is 2.41. The molecule has 1 aliphatic rings. The molecule has 0 radical (unpaired) electrons. The Morgan fingerprint density at radius 2 is 2.07 bits per heavy atom. The lowest BCUT2D eigenvalue weighted by Gasteiger charge is -2.29. The van der Waals surface area contributed by atoms with Crippen LogP contribution in [0.2, 0.25) is 0 Å². The van der Waals surface area contributed by atoms with Crippen molar-refractivity contribution < 1.29 is 4.74 Å². The van der Waals surface area contributed by atoms with Crippen molar-refractivity contribution in [2.45, 2.75) is 12.5 Å². The van der Waals surface area contributed by atoms with Crippen molar-refractivity contribution in [3.8, 4) is 17.0 Å². The third kappa shape index (κ3) is 2.80. The normalized spacial score (nSPS) is 16.3. The number of hydrogen-bond donors (Lipinski definition) is 1. The molecular formula is C22H19N3OS. The van der Waals surface area contributed by atoms with Gasteiger partial charge in [0, 0.05) is 23.9 Å². The first kappa shape index (κ1) is 16.4. The maximum Gasteiger partial charge on any atom is 0.141 e. The number of aromatic nitrogens is 2. The van der Waals surface area contributed by atoms with Crippen LogP contribution in [-0.4, -0.2) is 23.9 Å². The average Bonchev–Trinajstić information content (AvgIpc) is 3.22. The van der Waals surface area contributed by atoms with Crippen molar-refractivity contribution in [3.05, 3.63) is 76.8 Å². The Kier molecular flexibility index (Phi) is 4.11. The largest absolute Gasteiger partial charge is 0.495 e. The van der Waals surface area contributed by atoms with Crippen LogP contribution in [0.15, 0.2) is 60.1 Å². The lowest BCUT2D eigenvalue weighted by molar-refractivity contribution is 0.408. The molecule has 0 fully saturated rings.